The topological polar surface area (TPSA) is 0 Å². The molecule has 2 saturated carbocycles. The SMILES string of the molecule is CC/C(C)=C/C=C(C)/C(C)=C/C=C(\C)CCC1CCC(C2CCC(CCC(CC)CC)CC2)CC1. The van der Waals surface area contributed by atoms with Crippen LogP contribution in [0.2, 0.25) is 0 Å². The first-order valence-electron chi connectivity index (χ1n) is 15.5. The van der Waals surface area contributed by atoms with Crippen molar-refractivity contribution in [2.75, 3.05) is 0 Å². The maximum Gasteiger partial charge on any atom is -0.0317 e. The van der Waals surface area contributed by atoms with Crippen LogP contribution in [0.4, 0.5) is 0 Å². The summed E-state index contributed by atoms with van der Waals surface area (Å²) in [6.07, 6.45) is 31.0. The fraction of sp³-hybridized carbons (Fsp3) is 0.771. The second-order valence-corrected chi connectivity index (χ2v) is 12.4. The summed E-state index contributed by atoms with van der Waals surface area (Å²) in [6, 6.07) is 0. The lowest BCUT2D eigenvalue weighted by atomic mass is 9.68. The quantitative estimate of drug-likeness (QED) is 0.230. The summed E-state index contributed by atoms with van der Waals surface area (Å²) in [5.74, 6) is 5.11. The van der Waals surface area contributed by atoms with Gasteiger partial charge in [-0.1, -0.05) is 108 Å². The molecule has 0 unspecified atom stereocenters. The van der Waals surface area contributed by atoms with Gasteiger partial charge in [0.25, 0.3) is 0 Å². The molecule has 0 aromatic carbocycles. The van der Waals surface area contributed by atoms with Gasteiger partial charge in [-0.3, -0.25) is 0 Å². The Morgan fingerprint density at radius 1 is 0.600 bits per heavy atom. The van der Waals surface area contributed by atoms with Crippen LogP contribution in [0.3, 0.4) is 0 Å². The third-order valence-electron chi connectivity index (χ3n) is 9.95. The molecule has 0 aliphatic heterocycles. The van der Waals surface area contributed by atoms with E-state index in [1.54, 1.807) is 5.57 Å². The third kappa shape index (κ3) is 11.3. The van der Waals surface area contributed by atoms with Gasteiger partial charge in [0, 0.05) is 0 Å². The molecule has 0 heteroatoms. The van der Waals surface area contributed by atoms with E-state index in [0.717, 1.165) is 36.0 Å². The van der Waals surface area contributed by atoms with E-state index in [1.165, 1.54) is 107 Å². The summed E-state index contributed by atoms with van der Waals surface area (Å²) < 4.78 is 0. The maximum atomic E-state index is 2.38. The molecule has 2 fully saturated rings. The van der Waals surface area contributed by atoms with E-state index < -0.39 is 0 Å². The summed E-state index contributed by atoms with van der Waals surface area (Å²) in [5, 5.41) is 0. The third-order valence-corrected chi connectivity index (χ3v) is 9.95. The average Bonchev–Trinajstić information content (AvgIpc) is 2.90. The maximum absolute atomic E-state index is 2.38. The van der Waals surface area contributed by atoms with E-state index in [0.29, 0.717) is 0 Å². The predicted molar refractivity (Wildman–Crippen MR) is 159 cm³/mol. The van der Waals surface area contributed by atoms with Gasteiger partial charge in [-0.25, -0.2) is 0 Å². The van der Waals surface area contributed by atoms with Crippen LogP contribution in [0, 0.1) is 29.6 Å². The molecular weight excluding hydrogens is 420 g/mol. The molecule has 0 heterocycles. The Morgan fingerprint density at radius 3 is 1.51 bits per heavy atom. The molecule has 200 valence electrons. The van der Waals surface area contributed by atoms with Crippen LogP contribution in [-0.4, -0.2) is 0 Å². The second-order valence-electron chi connectivity index (χ2n) is 12.4. The van der Waals surface area contributed by atoms with Gasteiger partial charge < -0.3 is 0 Å². The fourth-order valence-electron chi connectivity index (χ4n) is 6.50. The van der Waals surface area contributed by atoms with Crippen LogP contribution in [0.15, 0.2) is 46.6 Å². The van der Waals surface area contributed by atoms with E-state index in [4.69, 9.17) is 0 Å². The van der Waals surface area contributed by atoms with Crippen molar-refractivity contribution in [1.82, 2.24) is 0 Å². The zero-order valence-corrected chi connectivity index (χ0v) is 24.8. The Bertz CT molecular complexity index is 694. The molecule has 0 nitrogen and oxygen atoms in total. The van der Waals surface area contributed by atoms with E-state index in [1.807, 2.05) is 0 Å². The lowest BCUT2D eigenvalue weighted by Gasteiger charge is -2.38. The fourth-order valence-corrected chi connectivity index (χ4v) is 6.50. The molecule has 0 radical (unpaired) electrons. The molecule has 0 aromatic heterocycles. The van der Waals surface area contributed by atoms with Crippen LogP contribution in [0.5, 0.6) is 0 Å². The summed E-state index contributed by atoms with van der Waals surface area (Å²) in [5.41, 5.74) is 5.75. The van der Waals surface area contributed by atoms with Gasteiger partial charge in [-0.05, 0) is 113 Å². The van der Waals surface area contributed by atoms with Crippen LogP contribution in [0.1, 0.15) is 145 Å². The van der Waals surface area contributed by atoms with Crippen molar-refractivity contribution in [1.29, 1.82) is 0 Å². The number of rotatable bonds is 13. The average molecular weight is 481 g/mol. The summed E-state index contributed by atoms with van der Waals surface area (Å²) >= 11 is 0. The van der Waals surface area contributed by atoms with E-state index >= 15 is 0 Å². The van der Waals surface area contributed by atoms with Crippen LogP contribution >= 0.6 is 0 Å². The standard InChI is InChI=1S/C35H60/c1-8-27(4)11-14-29(6)30(7)15-12-28(5)13-16-32-19-23-34(24-20-32)35-25-21-33(22-26-35)18-17-31(9-2)10-3/h11-12,14-15,31-35H,8-10,13,16-26H2,1-7H3/b27-11+,28-12+,29-14+,30-15+. The minimum absolute atomic E-state index is 0.972. The first-order chi connectivity index (χ1) is 16.9. The van der Waals surface area contributed by atoms with E-state index in [-0.39, 0.29) is 0 Å². The van der Waals surface area contributed by atoms with Crippen molar-refractivity contribution in [3.63, 3.8) is 0 Å². The van der Waals surface area contributed by atoms with Crippen molar-refractivity contribution in [2.24, 2.45) is 29.6 Å². The molecule has 0 atom stereocenters. The van der Waals surface area contributed by atoms with Crippen LogP contribution in [-0.2, 0) is 0 Å². The minimum atomic E-state index is 0.972. The highest BCUT2D eigenvalue weighted by Crippen LogP contribution is 2.43. The number of allylic oxidation sites excluding steroid dienone is 8. The Labute approximate surface area is 220 Å². The van der Waals surface area contributed by atoms with Gasteiger partial charge >= 0.3 is 0 Å². The monoisotopic (exact) mass is 480 g/mol. The van der Waals surface area contributed by atoms with Crippen molar-refractivity contribution >= 4 is 0 Å². The minimum Gasteiger partial charge on any atom is -0.0736 e. The van der Waals surface area contributed by atoms with Crippen molar-refractivity contribution in [3.8, 4) is 0 Å². The molecule has 2 aliphatic carbocycles. The van der Waals surface area contributed by atoms with Crippen molar-refractivity contribution < 1.29 is 0 Å². The molecule has 0 aromatic rings. The van der Waals surface area contributed by atoms with Crippen LogP contribution < -0.4 is 0 Å². The zero-order valence-electron chi connectivity index (χ0n) is 24.8. The lowest BCUT2D eigenvalue weighted by molar-refractivity contribution is 0.138. The Balaban J connectivity index is 1.67. The summed E-state index contributed by atoms with van der Waals surface area (Å²) in [4.78, 5) is 0. The van der Waals surface area contributed by atoms with Gasteiger partial charge in [-0.15, -0.1) is 0 Å². The highest BCUT2D eigenvalue weighted by molar-refractivity contribution is 5.34. The Kier molecular flexibility index (Phi) is 14.4. The lowest BCUT2D eigenvalue weighted by Crippen LogP contribution is -2.26. The van der Waals surface area contributed by atoms with E-state index in [9.17, 15) is 0 Å². The molecule has 0 spiro atoms. The van der Waals surface area contributed by atoms with E-state index in [2.05, 4.69) is 72.8 Å². The largest absolute Gasteiger partial charge is 0.0736 e. The molecule has 35 heavy (non-hydrogen) atoms. The smallest absolute Gasteiger partial charge is 0.0317 e. The normalized spacial score (nSPS) is 27.5. The molecule has 2 aliphatic rings. The summed E-state index contributed by atoms with van der Waals surface area (Å²) in [7, 11) is 0. The molecule has 0 bridgehead atoms. The number of hydrogen-bond donors (Lipinski definition) is 0. The van der Waals surface area contributed by atoms with Gasteiger partial charge in [0.2, 0.25) is 0 Å². The highest BCUT2D eigenvalue weighted by atomic mass is 14.4. The molecule has 0 N–H and O–H groups in total. The molecule has 0 saturated heterocycles. The van der Waals surface area contributed by atoms with Crippen molar-refractivity contribution in [2.45, 2.75) is 145 Å². The van der Waals surface area contributed by atoms with Gasteiger partial charge in [-0.2, -0.15) is 0 Å². The first kappa shape index (κ1) is 30.2. The van der Waals surface area contributed by atoms with Gasteiger partial charge in [0.1, 0.15) is 0 Å². The molecule has 2 rings (SSSR count). The first-order valence-corrected chi connectivity index (χ1v) is 15.5. The van der Waals surface area contributed by atoms with Gasteiger partial charge in [0.15, 0.2) is 0 Å². The predicted octanol–water partition coefficient (Wildman–Crippen LogP) is 11.8. The Morgan fingerprint density at radius 2 is 1.06 bits per heavy atom. The second kappa shape index (κ2) is 16.7. The number of hydrogen-bond acceptors (Lipinski definition) is 0. The zero-order chi connectivity index (χ0) is 25.6. The van der Waals surface area contributed by atoms with Crippen LogP contribution in [0.25, 0.3) is 0 Å². The molecular formula is C35H60. The Hall–Kier alpha value is -1.04. The van der Waals surface area contributed by atoms with Gasteiger partial charge in [0.05, 0.1) is 0 Å². The highest BCUT2D eigenvalue weighted by Gasteiger charge is 2.30. The summed E-state index contributed by atoms with van der Waals surface area (Å²) in [6.45, 7) is 16.0. The van der Waals surface area contributed by atoms with Crippen molar-refractivity contribution in [3.05, 3.63) is 46.6 Å². The molecule has 0 amide bonds.